The first kappa shape index (κ1) is 12.4. The molecule has 0 amide bonds. The van der Waals surface area contributed by atoms with Crippen molar-refractivity contribution in [3.8, 4) is 0 Å². The highest BCUT2D eigenvalue weighted by molar-refractivity contribution is 5.89. The second kappa shape index (κ2) is 5.24. The molecule has 2 aliphatic rings. The van der Waals surface area contributed by atoms with Crippen molar-refractivity contribution in [3.05, 3.63) is 41.9 Å². The second-order valence-corrected chi connectivity index (χ2v) is 5.54. The Labute approximate surface area is 123 Å². The summed E-state index contributed by atoms with van der Waals surface area (Å²) in [5.74, 6) is 0.608. The Morgan fingerprint density at radius 1 is 1.00 bits per heavy atom. The summed E-state index contributed by atoms with van der Waals surface area (Å²) < 4.78 is 0. The van der Waals surface area contributed by atoms with Gasteiger partial charge in [0.05, 0.1) is 11.9 Å². The van der Waals surface area contributed by atoms with Gasteiger partial charge < -0.3 is 4.90 Å². The average molecular weight is 279 g/mol. The first-order valence-corrected chi connectivity index (χ1v) is 7.51. The van der Waals surface area contributed by atoms with Crippen LogP contribution in [0.5, 0.6) is 0 Å². The van der Waals surface area contributed by atoms with E-state index in [4.69, 9.17) is 0 Å². The molecule has 0 saturated carbocycles. The van der Waals surface area contributed by atoms with Gasteiger partial charge >= 0.3 is 0 Å². The maximum Gasteiger partial charge on any atom is 0.204 e. The molecule has 0 unspecified atom stereocenters. The van der Waals surface area contributed by atoms with Gasteiger partial charge in [-0.25, -0.2) is 0 Å². The zero-order valence-electron chi connectivity index (χ0n) is 11.9. The van der Waals surface area contributed by atoms with E-state index < -0.39 is 0 Å². The molecular formula is C16H17N5. The minimum absolute atomic E-state index is 0.608. The summed E-state index contributed by atoms with van der Waals surface area (Å²) in [6.45, 7) is 2.34. The monoisotopic (exact) mass is 279 g/mol. The van der Waals surface area contributed by atoms with Crippen LogP contribution in [0.4, 0.5) is 5.82 Å². The zero-order chi connectivity index (χ0) is 14.1. The van der Waals surface area contributed by atoms with Gasteiger partial charge in [-0.1, -0.05) is 24.3 Å². The second-order valence-electron chi connectivity index (χ2n) is 5.54. The molecule has 21 heavy (non-hydrogen) atoms. The fraction of sp³-hybridized carbons (Fsp3) is 0.375. The molecule has 2 aliphatic heterocycles. The van der Waals surface area contributed by atoms with Crippen LogP contribution in [0.3, 0.4) is 0 Å². The van der Waals surface area contributed by atoms with Gasteiger partial charge in [-0.2, -0.15) is 10.2 Å². The molecular weight excluding hydrogens is 262 g/mol. The molecule has 0 atom stereocenters. The first-order valence-electron chi connectivity index (χ1n) is 7.51. The highest BCUT2D eigenvalue weighted by Gasteiger charge is 2.24. The van der Waals surface area contributed by atoms with Crippen LogP contribution in [0.15, 0.2) is 52.1 Å². The maximum atomic E-state index is 4.51. The Kier molecular flexibility index (Phi) is 3.10. The van der Waals surface area contributed by atoms with E-state index >= 15 is 0 Å². The predicted molar refractivity (Wildman–Crippen MR) is 81.1 cm³/mol. The van der Waals surface area contributed by atoms with Gasteiger partial charge in [0.25, 0.3) is 0 Å². The predicted octanol–water partition coefficient (Wildman–Crippen LogP) is 3.81. The van der Waals surface area contributed by atoms with Gasteiger partial charge in [0.15, 0.2) is 0 Å². The number of fused-ring (bicyclic) bond motifs is 2. The standard InChI is InChI=1S/C16H17N5/c1-2-6-13-12(5-1)11-17-19-16(13)20-18-14-7-3-9-21-10-4-8-15(14)21/h1-2,5-6,11H,3-4,7-10H2. The molecule has 0 bridgehead atoms. The lowest BCUT2D eigenvalue weighted by atomic mass is 10.1. The Balaban J connectivity index is 1.71. The van der Waals surface area contributed by atoms with Crippen LogP contribution < -0.4 is 0 Å². The van der Waals surface area contributed by atoms with Crippen molar-refractivity contribution < 1.29 is 0 Å². The van der Waals surface area contributed by atoms with Crippen LogP contribution in [0.2, 0.25) is 0 Å². The minimum Gasteiger partial charge on any atom is -0.373 e. The molecule has 1 saturated heterocycles. The fourth-order valence-corrected chi connectivity index (χ4v) is 3.19. The van der Waals surface area contributed by atoms with Crippen LogP contribution in [0, 0.1) is 0 Å². The maximum absolute atomic E-state index is 4.51. The number of rotatable bonds is 2. The van der Waals surface area contributed by atoms with Crippen molar-refractivity contribution in [1.82, 2.24) is 15.1 Å². The number of benzene rings is 1. The number of nitrogens with zero attached hydrogens (tertiary/aromatic N) is 5. The van der Waals surface area contributed by atoms with E-state index in [1.807, 2.05) is 24.3 Å². The molecule has 1 aromatic carbocycles. The highest BCUT2D eigenvalue weighted by Crippen LogP contribution is 2.32. The van der Waals surface area contributed by atoms with Gasteiger partial charge in [-0.15, -0.1) is 10.2 Å². The van der Waals surface area contributed by atoms with E-state index in [0.717, 1.165) is 29.3 Å². The van der Waals surface area contributed by atoms with Gasteiger partial charge in [0, 0.05) is 29.6 Å². The van der Waals surface area contributed by atoms with Crippen molar-refractivity contribution in [2.45, 2.75) is 25.7 Å². The summed E-state index contributed by atoms with van der Waals surface area (Å²) in [4.78, 5) is 2.45. The summed E-state index contributed by atoms with van der Waals surface area (Å²) in [7, 11) is 0. The quantitative estimate of drug-likeness (QED) is 0.785. The Morgan fingerprint density at radius 2 is 1.86 bits per heavy atom. The van der Waals surface area contributed by atoms with Crippen LogP contribution in [-0.2, 0) is 0 Å². The van der Waals surface area contributed by atoms with E-state index in [9.17, 15) is 0 Å². The van der Waals surface area contributed by atoms with E-state index in [1.165, 1.54) is 31.6 Å². The lowest BCUT2D eigenvalue weighted by Gasteiger charge is -2.25. The molecule has 1 aromatic heterocycles. The molecule has 1 fully saturated rings. The van der Waals surface area contributed by atoms with Crippen molar-refractivity contribution in [2.75, 3.05) is 13.1 Å². The molecule has 5 heteroatoms. The third kappa shape index (κ3) is 2.28. The summed E-state index contributed by atoms with van der Waals surface area (Å²) >= 11 is 0. The van der Waals surface area contributed by atoms with Crippen molar-refractivity contribution in [1.29, 1.82) is 0 Å². The van der Waals surface area contributed by atoms with E-state index in [1.54, 1.807) is 6.20 Å². The van der Waals surface area contributed by atoms with Crippen LogP contribution in [-0.4, -0.2) is 28.2 Å². The van der Waals surface area contributed by atoms with Crippen molar-refractivity contribution >= 4 is 16.6 Å². The van der Waals surface area contributed by atoms with Crippen LogP contribution in [0.1, 0.15) is 25.7 Å². The van der Waals surface area contributed by atoms with Gasteiger partial charge in [-0.05, 0) is 25.7 Å². The van der Waals surface area contributed by atoms with E-state index in [2.05, 4.69) is 25.3 Å². The molecule has 4 rings (SSSR count). The number of allylic oxidation sites excluding steroid dienone is 2. The van der Waals surface area contributed by atoms with Crippen molar-refractivity contribution in [2.24, 2.45) is 10.2 Å². The topological polar surface area (TPSA) is 53.7 Å². The Bertz CT molecular complexity index is 729. The Morgan fingerprint density at radius 3 is 2.81 bits per heavy atom. The molecule has 0 radical (unpaired) electrons. The molecule has 2 aromatic rings. The molecule has 0 aliphatic carbocycles. The number of hydrogen-bond donors (Lipinski definition) is 0. The number of aromatic nitrogens is 2. The molecule has 0 spiro atoms. The summed E-state index contributed by atoms with van der Waals surface area (Å²) in [5, 5.41) is 19.1. The van der Waals surface area contributed by atoms with Gasteiger partial charge in [-0.3, -0.25) is 0 Å². The normalized spacial score (nSPS) is 18.8. The van der Waals surface area contributed by atoms with Crippen LogP contribution in [0.25, 0.3) is 10.8 Å². The molecule has 106 valence electrons. The number of hydrogen-bond acceptors (Lipinski definition) is 5. The van der Waals surface area contributed by atoms with E-state index in [0.29, 0.717) is 5.82 Å². The first-order chi connectivity index (χ1) is 10.4. The largest absolute Gasteiger partial charge is 0.373 e. The molecule has 0 N–H and O–H groups in total. The average Bonchev–Trinajstić information content (AvgIpc) is 3.02. The summed E-state index contributed by atoms with van der Waals surface area (Å²) in [6, 6.07) is 8.01. The Hall–Kier alpha value is -2.30. The molecule has 3 heterocycles. The minimum atomic E-state index is 0.608. The van der Waals surface area contributed by atoms with Crippen LogP contribution >= 0.6 is 0 Å². The third-order valence-corrected chi connectivity index (χ3v) is 4.21. The zero-order valence-corrected chi connectivity index (χ0v) is 11.9. The summed E-state index contributed by atoms with van der Waals surface area (Å²) in [6.07, 6.45) is 6.32. The summed E-state index contributed by atoms with van der Waals surface area (Å²) in [5.41, 5.74) is 2.52. The van der Waals surface area contributed by atoms with Gasteiger partial charge in [0.2, 0.25) is 5.82 Å². The highest BCUT2D eigenvalue weighted by atomic mass is 15.2. The lowest BCUT2D eigenvalue weighted by molar-refractivity contribution is 0.358. The van der Waals surface area contributed by atoms with Crippen molar-refractivity contribution in [3.63, 3.8) is 0 Å². The SMILES string of the molecule is c1ccc2c(N=NC3=C4CCCN4CCC3)nncc2c1. The molecule has 5 nitrogen and oxygen atoms in total. The van der Waals surface area contributed by atoms with Gasteiger partial charge in [0.1, 0.15) is 0 Å². The number of azo groups is 1. The smallest absolute Gasteiger partial charge is 0.204 e. The fourth-order valence-electron chi connectivity index (χ4n) is 3.19. The van der Waals surface area contributed by atoms with E-state index in [-0.39, 0.29) is 0 Å². The third-order valence-electron chi connectivity index (χ3n) is 4.21. The lowest BCUT2D eigenvalue weighted by Crippen LogP contribution is -2.23.